The second-order valence-electron chi connectivity index (χ2n) is 5.08. The molecule has 0 aromatic heterocycles. The third kappa shape index (κ3) is 6.82. The lowest BCUT2D eigenvalue weighted by Crippen LogP contribution is -2.33. The van der Waals surface area contributed by atoms with Gasteiger partial charge in [-0.2, -0.15) is 0 Å². The molecule has 1 rings (SSSR count). The van der Waals surface area contributed by atoms with E-state index in [1.54, 1.807) is 6.07 Å². The Morgan fingerprint density at radius 2 is 2.00 bits per heavy atom. The highest BCUT2D eigenvalue weighted by Crippen LogP contribution is 2.20. The van der Waals surface area contributed by atoms with Gasteiger partial charge in [-0.05, 0) is 18.6 Å². The number of nitrogens with one attached hydrogen (secondary N) is 2. The van der Waals surface area contributed by atoms with Crippen molar-refractivity contribution < 1.29 is 14.7 Å². The van der Waals surface area contributed by atoms with Crippen LogP contribution in [0.2, 0.25) is 0 Å². The number of amidine groups is 1. The number of aromatic hydroxyl groups is 1. The normalized spacial score (nSPS) is 11.1. The maximum absolute atomic E-state index is 11.9. The average molecular weight is 320 g/mol. The lowest BCUT2D eigenvalue weighted by molar-refractivity contribution is -0.117. The van der Waals surface area contributed by atoms with Crippen LogP contribution in [-0.2, 0) is 4.79 Å². The number of amides is 2. The molecule has 0 radical (unpaired) electrons. The summed E-state index contributed by atoms with van der Waals surface area (Å²) in [5.74, 6) is -0.382. The van der Waals surface area contributed by atoms with Crippen molar-refractivity contribution in [1.82, 2.24) is 5.32 Å². The Morgan fingerprint density at radius 3 is 2.61 bits per heavy atom. The van der Waals surface area contributed by atoms with E-state index in [1.165, 1.54) is 12.1 Å². The third-order valence-electron chi connectivity index (χ3n) is 3.04. The van der Waals surface area contributed by atoms with E-state index in [-0.39, 0.29) is 17.9 Å². The van der Waals surface area contributed by atoms with Crippen molar-refractivity contribution in [2.24, 2.45) is 10.7 Å². The third-order valence-corrected chi connectivity index (χ3v) is 3.04. The number of anilines is 1. The first kappa shape index (κ1) is 18.5. The molecule has 0 aliphatic heterocycles. The van der Waals surface area contributed by atoms with Gasteiger partial charge in [-0.15, -0.1) is 0 Å². The molecule has 1 aromatic carbocycles. The van der Waals surface area contributed by atoms with Crippen LogP contribution in [0.4, 0.5) is 5.69 Å². The molecule has 0 aliphatic carbocycles. The lowest BCUT2D eigenvalue weighted by Gasteiger charge is -2.11. The molecule has 1 aromatic rings. The maximum atomic E-state index is 11.9. The van der Waals surface area contributed by atoms with E-state index in [0.29, 0.717) is 12.1 Å². The van der Waals surface area contributed by atoms with E-state index in [9.17, 15) is 14.7 Å². The minimum atomic E-state index is -0.631. The summed E-state index contributed by atoms with van der Waals surface area (Å²) >= 11 is 0. The van der Waals surface area contributed by atoms with Gasteiger partial charge in [-0.3, -0.25) is 14.6 Å². The minimum Gasteiger partial charge on any atom is -0.508 e. The number of nitrogens with two attached hydrogens (primary N) is 1. The number of rotatable bonds is 8. The van der Waals surface area contributed by atoms with Gasteiger partial charge in [0.2, 0.25) is 5.91 Å². The van der Waals surface area contributed by atoms with Crippen LogP contribution in [0.25, 0.3) is 0 Å². The number of hydrogen-bond acceptors (Lipinski definition) is 4. The smallest absolute Gasteiger partial charge is 0.251 e. The number of unbranched alkanes of at least 4 members (excludes halogenated alkanes) is 1. The van der Waals surface area contributed by atoms with Gasteiger partial charge in [-0.1, -0.05) is 20.3 Å². The number of hydrogen-bond donors (Lipinski definition) is 4. The molecule has 0 spiro atoms. The number of nitrogens with zero attached hydrogens (tertiary/aromatic N) is 1. The predicted octanol–water partition coefficient (Wildman–Crippen LogP) is 1.63. The van der Waals surface area contributed by atoms with Crippen LogP contribution in [0.15, 0.2) is 23.2 Å². The molecule has 2 amide bonds. The largest absolute Gasteiger partial charge is 0.508 e. The van der Waals surface area contributed by atoms with Gasteiger partial charge in [0, 0.05) is 30.3 Å². The Kier molecular flexibility index (Phi) is 7.59. The van der Waals surface area contributed by atoms with Gasteiger partial charge in [0.1, 0.15) is 11.6 Å². The summed E-state index contributed by atoms with van der Waals surface area (Å²) < 4.78 is 0. The quantitative estimate of drug-likeness (QED) is 0.331. The van der Waals surface area contributed by atoms with Crippen LogP contribution in [0, 0.1) is 0 Å². The van der Waals surface area contributed by atoms with Crippen LogP contribution in [0.1, 0.15) is 43.5 Å². The molecule has 0 saturated heterocycles. The van der Waals surface area contributed by atoms with Crippen LogP contribution in [0.5, 0.6) is 5.75 Å². The minimum absolute atomic E-state index is 0.0526. The van der Waals surface area contributed by atoms with Crippen LogP contribution in [0.3, 0.4) is 0 Å². The molecule has 5 N–H and O–H groups in total. The highest BCUT2D eigenvalue weighted by molar-refractivity contribution is 6.00. The highest BCUT2D eigenvalue weighted by atomic mass is 16.3. The monoisotopic (exact) mass is 320 g/mol. The molecular formula is C16H24N4O3. The number of phenolic OH excluding ortho intramolecular Hbond substituents is 1. The number of primary amides is 1. The summed E-state index contributed by atoms with van der Waals surface area (Å²) in [7, 11) is 0. The Labute approximate surface area is 136 Å². The fraction of sp³-hybridized carbons (Fsp3) is 0.438. The molecule has 7 heteroatoms. The maximum Gasteiger partial charge on any atom is 0.251 e. The zero-order valence-electron chi connectivity index (χ0n) is 13.6. The molecule has 0 atom stereocenters. The molecule has 0 saturated carbocycles. The zero-order valence-corrected chi connectivity index (χ0v) is 13.6. The van der Waals surface area contributed by atoms with Crippen molar-refractivity contribution >= 4 is 23.3 Å². The number of carbonyl (C=O) groups is 2. The molecule has 126 valence electrons. The van der Waals surface area contributed by atoms with E-state index in [0.717, 1.165) is 25.2 Å². The van der Waals surface area contributed by atoms with Gasteiger partial charge >= 0.3 is 0 Å². The first-order valence-corrected chi connectivity index (χ1v) is 7.67. The van der Waals surface area contributed by atoms with Crippen molar-refractivity contribution in [2.75, 3.05) is 18.4 Å². The van der Waals surface area contributed by atoms with Crippen molar-refractivity contribution in [3.8, 4) is 5.75 Å². The fourth-order valence-corrected chi connectivity index (χ4v) is 1.86. The predicted molar refractivity (Wildman–Crippen MR) is 90.8 cm³/mol. The fourth-order valence-electron chi connectivity index (χ4n) is 1.86. The van der Waals surface area contributed by atoms with Gasteiger partial charge in [0.25, 0.3) is 5.91 Å². The average Bonchev–Trinajstić information content (AvgIpc) is 2.51. The first-order valence-electron chi connectivity index (χ1n) is 7.67. The number of carbonyl (C=O) groups excluding carboxylic acids is 2. The molecular weight excluding hydrogens is 296 g/mol. The Morgan fingerprint density at radius 1 is 1.26 bits per heavy atom. The van der Waals surface area contributed by atoms with Crippen LogP contribution >= 0.6 is 0 Å². The topological polar surface area (TPSA) is 117 Å². The van der Waals surface area contributed by atoms with Crippen molar-refractivity contribution in [3.05, 3.63) is 23.8 Å². The highest BCUT2D eigenvalue weighted by Gasteiger charge is 2.10. The summed E-state index contributed by atoms with van der Waals surface area (Å²) in [6, 6.07) is 4.41. The first-order chi connectivity index (χ1) is 11.0. The zero-order chi connectivity index (χ0) is 17.2. The second-order valence-corrected chi connectivity index (χ2v) is 5.08. The molecule has 0 bridgehead atoms. The molecule has 0 unspecified atom stereocenters. The summed E-state index contributed by atoms with van der Waals surface area (Å²) in [6.07, 6.45) is 2.78. The van der Waals surface area contributed by atoms with E-state index in [2.05, 4.69) is 22.5 Å². The Hall–Kier alpha value is -2.57. The molecule has 7 nitrogen and oxygen atoms in total. The lowest BCUT2D eigenvalue weighted by atomic mass is 10.1. The van der Waals surface area contributed by atoms with Gasteiger partial charge in [-0.25, -0.2) is 0 Å². The second kappa shape index (κ2) is 9.45. The van der Waals surface area contributed by atoms with Crippen molar-refractivity contribution in [1.29, 1.82) is 0 Å². The summed E-state index contributed by atoms with van der Waals surface area (Å²) in [6.45, 7) is 4.55. The number of phenols is 1. The number of benzene rings is 1. The van der Waals surface area contributed by atoms with Gasteiger partial charge in [0.05, 0.1) is 6.54 Å². The number of aliphatic imine (C=N–C) groups is 1. The standard InChI is InChI=1S/C16H24N4O3/c1-3-5-6-18-15(4-2)20-12-7-11(8-13(21)9-12)16(23)19-10-14(17)22/h7-9,21H,3-6,10H2,1-2H3,(H2,17,22)(H,18,20)(H,19,23). The van der Waals surface area contributed by atoms with E-state index >= 15 is 0 Å². The summed E-state index contributed by atoms with van der Waals surface area (Å²) in [5.41, 5.74) is 5.78. The van der Waals surface area contributed by atoms with Gasteiger partial charge in [0.15, 0.2) is 0 Å². The SMILES string of the molecule is CCCCN=C(CC)Nc1cc(O)cc(C(=O)NCC(N)=O)c1. The van der Waals surface area contributed by atoms with Gasteiger partial charge < -0.3 is 21.5 Å². The Bertz CT molecular complexity index is 585. The van der Waals surface area contributed by atoms with Crippen molar-refractivity contribution in [3.63, 3.8) is 0 Å². The Balaban J connectivity index is 2.85. The van der Waals surface area contributed by atoms with Crippen LogP contribution < -0.4 is 16.4 Å². The molecule has 0 fully saturated rings. The van der Waals surface area contributed by atoms with Crippen molar-refractivity contribution in [2.45, 2.75) is 33.1 Å². The molecule has 0 heterocycles. The molecule has 23 heavy (non-hydrogen) atoms. The van der Waals surface area contributed by atoms with E-state index < -0.39 is 11.8 Å². The summed E-state index contributed by atoms with van der Waals surface area (Å²) in [5, 5.41) is 15.3. The summed E-state index contributed by atoms with van der Waals surface area (Å²) in [4.78, 5) is 27.1. The molecule has 0 aliphatic rings. The van der Waals surface area contributed by atoms with Crippen LogP contribution in [-0.4, -0.2) is 35.8 Å². The van der Waals surface area contributed by atoms with E-state index in [1.807, 2.05) is 6.92 Å². The van der Waals surface area contributed by atoms with E-state index in [4.69, 9.17) is 5.73 Å².